The molecule has 2 aromatic rings. The maximum absolute atomic E-state index is 12.7. The van der Waals surface area contributed by atoms with Gasteiger partial charge in [-0.2, -0.15) is 0 Å². The molecule has 1 aliphatic rings. The second-order valence-electron chi connectivity index (χ2n) is 7.07. The van der Waals surface area contributed by atoms with E-state index in [2.05, 4.69) is 15.5 Å². The predicted molar refractivity (Wildman–Crippen MR) is 96.9 cm³/mol. The van der Waals surface area contributed by atoms with Gasteiger partial charge in [-0.15, -0.1) is 0 Å². The van der Waals surface area contributed by atoms with Crippen molar-refractivity contribution >= 4 is 11.8 Å². The van der Waals surface area contributed by atoms with Crippen molar-refractivity contribution in [2.24, 2.45) is 5.92 Å². The second kappa shape index (κ2) is 8.34. The summed E-state index contributed by atoms with van der Waals surface area (Å²) in [5, 5.41) is 16.8. The molecular weight excluding hydrogens is 366 g/mol. The third kappa shape index (κ3) is 4.63. The Hall–Kier alpha value is -3.01. The number of hydrogen-bond acceptors (Lipinski definition) is 7. The van der Waals surface area contributed by atoms with Gasteiger partial charge in [-0.3, -0.25) is 14.2 Å². The molecule has 2 N–H and O–H groups in total. The van der Waals surface area contributed by atoms with Gasteiger partial charge in [-0.1, -0.05) is 5.16 Å². The molecule has 2 aromatic heterocycles. The average molecular weight is 389 g/mol. The molecule has 0 unspecified atom stereocenters. The van der Waals surface area contributed by atoms with E-state index in [0.29, 0.717) is 12.2 Å². The zero-order valence-electron chi connectivity index (χ0n) is 15.7. The van der Waals surface area contributed by atoms with E-state index in [1.807, 2.05) is 0 Å². The van der Waals surface area contributed by atoms with Gasteiger partial charge in [0.15, 0.2) is 5.76 Å². The minimum Gasteiger partial charge on any atom is -0.391 e. The Kier molecular flexibility index (Phi) is 5.88. The average Bonchev–Trinajstić information content (AvgIpc) is 3.22. The van der Waals surface area contributed by atoms with Crippen molar-refractivity contribution < 1.29 is 19.2 Å². The van der Waals surface area contributed by atoms with Crippen LogP contribution in [-0.2, 0) is 22.7 Å². The highest BCUT2D eigenvalue weighted by molar-refractivity contribution is 5.80. The molecule has 3 atom stereocenters. The lowest BCUT2D eigenvalue weighted by Gasteiger charge is -2.20. The van der Waals surface area contributed by atoms with Crippen LogP contribution in [-0.4, -0.2) is 55.7 Å². The highest BCUT2D eigenvalue weighted by Gasteiger charge is 2.38. The number of aryl methyl sites for hydroxylation is 1. The van der Waals surface area contributed by atoms with Gasteiger partial charge in [0.05, 0.1) is 24.4 Å². The van der Waals surface area contributed by atoms with Crippen LogP contribution < -0.4 is 11.0 Å². The molecule has 0 saturated heterocycles. The first kappa shape index (κ1) is 19.7. The Balaban J connectivity index is 1.54. The third-order valence-corrected chi connectivity index (χ3v) is 4.77. The Labute approximate surface area is 161 Å². The van der Waals surface area contributed by atoms with Gasteiger partial charge in [0.1, 0.15) is 6.54 Å². The van der Waals surface area contributed by atoms with Gasteiger partial charge in [-0.25, -0.2) is 9.78 Å². The van der Waals surface area contributed by atoms with E-state index in [9.17, 15) is 19.5 Å². The normalized spacial score (nSPS) is 21.5. The van der Waals surface area contributed by atoms with Crippen LogP contribution >= 0.6 is 0 Å². The number of nitrogens with zero attached hydrogens (tertiary/aromatic N) is 4. The summed E-state index contributed by atoms with van der Waals surface area (Å²) in [7, 11) is 1.66. The number of amides is 2. The summed E-state index contributed by atoms with van der Waals surface area (Å²) in [6.07, 6.45) is 2.57. The van der Waals surface area contributed by atoms with Crippen LogP contribution in [0.2, 0.25) is 0 Å². The largest absolute Gasteiger partial charge is 0.391 e. The van der Waals surface area contributed by atoms with Crippen LogP contribution in [0.4, 0.5) is 0 Å². The fourth-order valence-corrected chi connectivity index (χ4v) is 3.40. The van der Waals surface area contributed by atoms with Crippen LogP contribution in [0, 0.1) is 12.8 Å². The van der Waals surface area contributed by atoms with Crippen molar-refractivity contribution in [1.82, 2.24) is 24.9 Å². The van der Waals surface area contributed by atoms with E-state index in [1.54, 1.807) is 26.1 Å². The molecular formula is C18H23N5O5. The number of carbonyl (C=O) groups is 2. The maximum atomic E-state index is 12.7. The quantitative estimate of drug-likeness (QED) is 0.678. The molecule has 0 spiro atoms. The molecule has 0 aliphatic heterocycles. The molecule has 2 heterocycles. The van der Waals surface area contributed by atoms with Gasteiger partial charge >= 0.3 is 5.69 Å². The van der Waals surface area contributed by atoms with Crippen molar-refractivity contribution in [1.29, 1.82) is 0 Å². The van der Waals surface area contributed by atoms with Crippen LogP contribution in [0.3, 0.4) is 0 Å². The molecule has 1 aliphatic carbocycles. The molecule has 10 heteroatoms. The molecule has 0 bridgehead atoms. The van der Waals surface area contributed by atoms with Crippen molar-refractivity contribution in [2.45, 2.75) is 45.0 Å². The summed E-state index contributed by atoms with van der Waals surface area (Å²) >= 11 is 0. The van der Waals surface area contributed by atoms with Gasteiger partial charge in [0, 0.05) is 31.4 Å². The summed E-state index contributed by atoms with van der Waals surface area (Å²) in [5.74, 6) is -0.375. The molecule has 2 amide bonds. The fourth-order valence-electron chi connectivity index (χ4n) is 3.40. The lowest BCUT2D eigenvalue weighted by Crippen LogP contribution is -2.43. The van der Waals surface area contributed by atoms with Crippen LogP contribution in [0.25, 0.3) is 0 Å². The van der Waals surface area contributed by atoms with Crippen molar-refractivity contribution in [2.75, 3.05) is 7.05 Å². The summed E-state index contributed by atoms with van der Waals surface area (Å²) < 4.78 is 6.30. The van der Waals surface area contributed by atoms with Crippen molar-refractivity contribution in [3.8, 4) is 0 Å². The van der Waals surface area contributed by atoms with Crippen LogP contribution in [0.5, 0.6) is 0 Å². The lowest BCUT2D eigenvalue weighted by atomic mass is 10.1. The second-order valence-corrected chi connectivity index (χ2v) is 7.07. The van der Waals surface area contributed by atoms with Gasteiger partial charge in [-0.05, 0) is 25.8 Å². The summed E-state index contributed by atoms with van der Waals surface area (Å²) in [6.45, 7) is 1.89. The SMILES string of the molecule is Cc1cc(CN(C)C(=O)[C@H]2C[C@H](NC(=O)Cn3cccnc3=O)[C@@H](O)C2)on1. The summed E-state index contributed by atoms with van der Waals surface area (Å²) in [6, 6.07) is 2.77. The van der Waals surface area contributed by atoms with Crippen molar-refractivity contribution in [3.05, 3.63) is 46.5 Å². The predicted octanol–water partition coefficient (Wildman–Crippen LogP) is -0.546. The van der Waals surface area contributed by atoms with Crippen LogP contribution in [0.15, 0.2) is 33.8 Å². The van der Waals surface area contributed by atoms with Gasteiger partial charge < -0.3 is 19.8 Å². The third-order valence-electron chi connectivity index (χ3n) is 4.77. The number of aromatic nitrogens is 3. The number of aliphatic hydroxyl groups excluding tert-OH is 1. The lowest BCUT2D eigenvalue weighted by molar-refractivity contribution is -0.135. The van der Waals surface area contributed by atoms with Gasteiger partial charge in [0.25, 0.3) is 0 Å². The van der Waals surface area contributed by atoms with Crippen LogP contribution in [0.1, 0.15) is 24.3 Å². The number of nitrogens with one attached hydrogen (secondary N) is 1. The van der Waals surface area contributed by atoms with E-state index in [0.717, 1.165) is 5.69 Å². The summed E-state index contributed by atoms with van der Waals surface area (Å²) in [5.41, 5.74) is 0.213. The first-order valence-electron chi connectivity index (χ1n) is 8.99. The molecule has 10 nitrogen and oxygen atoms in total. The van der Waals surface area contributed by atoms with E-state index < -0.39 is 29.7 Å². The minimum absolute atomic E-state index is 0.131. The van der Waals surface area contributed by atoms with E-state index >= 15 is 0 Å². The highest BCUT2D eigenvalue weighted by Crippen LogP contribution is 2.28. The zero-order valence-corrected chi connectivity index (χ0v) is 15.7. The minimum atomic E-state index is -0.829. The summed E-state index contributed by atoms with van der Waals surface area (Å²) in [4.78, 5) is 41.5. The number of carbonyl (C=O) groups excluding carboxylic acids is 2. The van der Waals surface area contributed by atoms with Gasteiger partial charge in [0.2, 0.25) is 11.8 Å². The van der Waals surface area contributed by atoms with E-state index in [4.69, 9.17) is 4.52 Å². The molecule has 1 saturated carbocycles. The Morgan fingerprint density at radius 2 is 2.21 bits per heavy atom. The van der Waals surface area contributed by atoms with Crippen molar-refractivity contribution in [3.63, 3.8) is 0 Å². The highest BCUT2D eigenvalue weighted by atomic mass is 16.5. The smallest absolute Gasteiger partial charge is 0.347 e. The number of aliphatic hydroxyl groups is 1. The fraction of sp³-hybridized carbons (Fsp3) is 0.500. The monoisotopic (exact) mass is 389 g/mol. The molecule has 3 rings (SSSR count). The number of rotatable bonds is 6. The standard InChI is InChI=1S/C18H23N5O5/c1-11-6-13(28-21-11)9-22(2)17(26)12-7-14(15(24)8-12)20-16(25)10-23-5-3-4-19-18(23)27/h3-6,12,14-15,24H,7-10H2,1-2H3,(H,20,25)/t12-,14-,15-/m0/s1. The molecule has 0 radical (unpaired) electrons. The van der Waals surface area contributed by atoms with E-state index in [1.165, 1.54) is 21.9 Å². The number of hydrogen-bond donors (Lipinski definition) is 2. The Bertz CT molecular complexity index is 908. The topological polar surface area (TPSA) is 131 Å². The van der Waals surface area contributed by atoms with E-state index in [-0.39, 0.29) is 25.4 Å². The molecule has 150 valence electrons. The zero-order chi connectivity index (χ0) is 20.3. The Morgan fingerprint density at radius 1 is 1.43 bits per heavy atom. The molecule has 1 fully saturated rings. The first-order valence-corrected chi connectivity index (χ1v) is 8.99. The Morgan fingerprint density at radius 3 is 2.89 bits per heavy atom. The maximum Gasteiger partial charge on any atom is 0.347 e. The first-order chi connectivity index (χ1) is 13.3. The molecule has 28 heavy (non-hydrogen) atoms. The molecule has 0 aromatic carbocycles.